The van der Waals surface area contributed by atoms with Crippen LogP contribution in [0.25, 0.3) is 11.0 Å². The van der Waals surface area contributed by atoms with Crippen LogP contribution in [0.3, 0.4) is 0 Å². The topological polar surface area (TPSA) is 136 Å². The zero-order chi connectivity index (χ0) is 26.8. The van der Waals surface area contributed by atoms with Crippen molar-refractivity contribution in [3.8, 4) is 6.07 Å². The van der Waals surface area contributed by atoms with Crippen LogP contribution >= 0.6 is 0 Å². The molecular formula is C25H26F3N7O2. The van der Waals surface area contributed by atoms with Gasteiger partial charge in [0.15, 0.2) is 0 Å². The van der Waals surface area contributed by atoms with Crippen LogP contribution in [0, 0.1) is 11.3 Å². The number of pyridine rings is 3. The predicted octanol–water partition coefficient (Wildman–Crippen LogP) is 4.08. The number of hydrogen-bond acceptors (Lipinski definition) is 8. The number of fused-ring (bicyclic) bond motifs is 1. The monoisotopic (exact) mass is 513 g/mol. The lowest BCUT2D eigenvalue weighted by atomic mass is 10.0. The zero-order valence-corrected chi connectivity index (χ0v) is 20.2. The molecule has 1 fully saturated rings. The van der Waals surface area contributed by atoms with E-state index in [1.165, 1.54) is 32.3 Å². The summed E-state index contributed by atoms with van der Waals surface area (Å²) in [6.07, 6.45) is 0.540. The number of aliphatic hydroxyl groups is 1. The summed E-state index contributed by atoms with van der Waals surface area (Å²) >= 11 is 0. The highest BCUT2D eigenvalue weighted by Gasteiger charge is 2.39. The molecule has 0 spiro atoms. The largest absolute Gasteiger partial charge is 0.387 e. The van der Waals surface area contributed by atoms with Crippen molar-refractivity contribution in [2.45, 2.75) is 56.8 Å². The van der Waals surface area contributed by atoms with Gasteiger partial charge in [0.2, 0.25) is 5.92 Å². The second-order valence-electron chi connectivity index (χ2n) is 9.58. The van der Waals surface area contributed by atoms with Crippen LogP contribution in [0.5, 0.6) is 0 Å². The van der Waals surface area contributed by atoms with E-state index in [-0.39, 0.29) is 36.3 Å². The van der Waals surface area contributed by atoms with E-state index in [2.05, 4.69) is 30.9 Å². The third-order valence-corrected chi connectivity index (χ3v) is 6.04. The fourth-order valence-corrected chi connectivity index (χ4v) is 3.91. The maximum Gasteiger partial charge on any atom is 0.255 e. The van der Waals surface area contributed by atoms with Crippen molar-refractivity contribution in [2.75, 3.05) is 17.2 Å². The van der Waals surface area contributed by atoms with Crippen LogP contribution < -0.4 is 16.0 Å². The first kappa shape index (κ1) is 26.1. The van der Waals surface area contributed by atoms with E-state index < -0.39 is 36.2 Å². The van der Waals surface area contributed by atoms with E-state index in [0.717, 1.165) is 0 Å². The highest BCUT2D eigenvalue weighted by Crippen LogP contribution is 2.37. The first-order valence-corrected chi connectivity index (χ1v) is 11.7. The van der Waals surface area contributed by atoms with Gasteiger partial charge < -0.3 is 21.1 Å². The van der Waals surface area contributed by atoms with Crippen LogP contribution in [0.4, 0.5) is 30.5 Å². The molecule has 3 aromatic heterocycles. The van der Waals surface area contributed by atoms with Crippen LogP contribution in [0.2, 0.25) is 0 Å². The van der Waals surface area contributed by atoms with Gasteiger partial charge in [0.05, 0.1) is 40.0 Å². The van der Waals surface area contributed by atoms with Gasteiger partial charge in [-0.2, -0.15) is 5.26 Å². The van der Waals surface area contributed by atoms with Crippen LogP contribution in [-0.2, 0) is 0 Å². The average molecular weight is 514 g/mol. The predicted molar refractivity (Wildman–Crippen MR) is 132 cm³/mol. The molecule has 0 bridgehead atoms. The third-order valence-electron chi connectivity index (χ3n) is 6.04. The number of carbonyl (C=O) groups is 1. The molecule has 1 saturated carbocycles. The zero-order valence-electron chi connectivity index (χ0n) is 20.2. The number of nitriles is 1. The molecule has 9 nitrogen and oxygen atoms in total. The number of nitrogens with zero attached hydrogens (tertiary/aromatic N) is 4. The lowest BCUT2D eigenvalue weighted by Gasteiger charge is -2.23. The maximum atomic E-state index is 14.1. The molecule has 0 radical (unpaired) electrons. The van der Waals surface area contributed by atoms with E-state index >= 15 is 0 Å². The second kappa shape index (κ2) is 10.2. The minimum Gasteiger partial charge on any atom is -0.387 e. The lowest BCUT2D eigenvalue weighted by Crippen LogP contribution is -2.42. The van der Waals surface area contributed by atoms with Gasteiger partial charge in [-0.25, -0.2) is 23.1 Å². The normalized spacial score (nSPS) is 17.7. The number of halogens is 3. The Labute approximate surface area is 211 Å². The Hall–Kier alpha value is -3.98. The lowest BCUT2D eigenvalue weighted by molar-refractivity contribution is -0.00179. The van der Waals surface area contributed by atoms with E-state index in [0.29, 0.717) is 22.4 Å². The number of carbonyl (C=O) groups excluding carboxylic acids is 1. The number of aromatic nitrogens is 3. The first-order valence-electron chi connectivity index (χ1n) is 11.7. The quantitative estimate of drug-likeness (QED) is 0.354. The van der Waals surface area contributed by atoms with Crippen molar-refractivity contribution in [2.24, 2.45) is 0 Å². The van der Waals surface area contributed by atoms with Gasteiger partial charge in [-0.1, -0.05) is 0 Å². The Balaban J connectivity index is 1.59. The Kier molecular flexibility index (Phi) is 7.18. The van der Waals surface area contributed by atoms with Crippen LogP contribution in [0.1, 0.15) is 49.0 Å². The Morgan fingerprint density at radius 2 is 2.03 bits per heavy atom. The van der Waals surface area contributed by atoms with Gasteiger partial charge in [0, 0.05) is 37.3 Å². The maximum absolute atomic E-state index is 14.1. The van der Waals surface area contributed by atoms with E-state index in [1.807, 2.05) is 6.07 Å². The van der Waals surface area contributed by atoms with Gasteiger partial charge in [-0.15, -0.1) is 0 Å². The molecule has 194 valence electrons. The summed E-state index contributed by atoms with van der Waals surface area (Å²) in [7, 11) is 0. The number of anilines is 3. The number of amides is 1. The molecule has 2 atom stereocenters. The fourth-order valence-electron chi connectivity index (χ4n) is 3.91. The summed E-state index contributed by atoms with van der Waals surface area (Å²) < 4.78 is 41.7. The van der Waals surface area contributed by atoms with E-state index in [9.17, 15) is 23.1 Å². The molecule has 12 heteroatoms. The molecular weight excluding hydrogens is 487 g/mol. The SMILES string of the molecule is CC(C)(O)C(F)CNC(=O)c1cnc(Nc2ccc3ncc(C#N)cc3n2)cc1NC1CCC(F)(F)C1. The molecule has 3 heterocycles. The van der Waals surface area contributed by atoms with E-state index in [1.54, 1.807) is 18.2 Å². The van der Waals surface area contributed by atoms with Crippen LogP contribution in [0.15, 0.2) is 36.7 Å². The molecule has 0 saturated heterocycles. The molecule has 4 rings (SSSR count). The van der Waals surface area contributed by atoms with Gasteiger partial charge >= 0.3 is 0 Å². The number of rotatable bonds is 8. The summed E-state index contributed by atoms with van der Waals surface area (Å²) in [5.41, 5.74) is 0.0614. The summed E-state index contributed by atoms with van der Waals surface area (Å²) in [4.78, 5) is 25.7. The van der Waals surface area contributed by atoms with E-state index in [4.69, 9.17) is 5.26 Å². The highest BCUT2D eigenvalue weighted by atomic mass is 19.3. The number of hydrogen-bond donors (Lipinski definition) is 4. The van der Waals surface area contributed by atoms with Gasteiger partial charge in [-0.3, -0.25) is 9.78 Å². The van der Waals surface area contributed by atoms with Gasteiger partial charge in [-0.05, 0) is 38.5 Å². The van der Waals surface area contributed by atoms with Gasteiger partial charge in [0.25, 0.3) is 5.91 Å². The number of alkyl halides is 3. The molecule has 4 N–H and O–H groups in total. The molecule has 1 amide bonds. The highest BCUT2D eigenvalue weighted by molar-refractivity contribution is 6.00. The Morgan fingerprint density at radius 3 is 2.70 bits per heavy atom. The van der Waals surface area contributed by atoms with Crippen molar-refractivity contribution in [3.63, 3.8) is 0 Å². The van der Waals surface area contributed by atoms with Crippen molar-refractivity contribution in [3.05, 3.63) is 47.8 Å². The molecule has 1 aliphatic carbocycles. The van der Waals surface area contributed by atoms with Gasteiger partial charge in [0.1, 0.15) is 23.9 Å². The van der Waals surface area contributed by atoms with Crippen molar-refractivity contribution < 1.29 is 23.1 Å². The van der Waals surface area contributed by atoms with Crippen molar-refractivity contribution in [1.82, 2.24) is 20.3 Å². The standard InChI is InChI=1S/C25H26F3N7O2/c1-24(2,37)20(26)13-32-23(36)16-12-31-22(8-18(16)33-15-5-6-25(27,28)9-15)35-21-4-3-17-19(34-21)7-14(10-29)11-30-17/h3-4,7-8,11-12,15,20,37H,5-6,9,13H2,1-2H3,(H,32,36)(H2,31,33,34,35). The summed E-state index contributed by atoms with van der Waals surface area (Å²) in [6.45, 7) is 2.14. The molecule has 0 aliphatic heterocycles. The van der Waals surface area contributed by atoms with Crippen LogP contribution in [-0.4, -0.2) is 56.2 Å². The Morgan fingerprint density at radius 1 is 1.24 bits per heavy atom. The summed E-state index contributed by atoms with van der Waals surface area (Å²) in [5.74, 6) is -2.80. The molecule has 1 aliphatic rings. The second-order valence-corrected chi connectivity index (χ2v) is 9.58. The molecule has 3 aromatic rings. The fraction of sp³-hybridized carbons (Fsp3) is 0.400. The smallest absolute Gasteiger partial charge is 0.255 e. The molecule has 37 heavy (non-hydrogen) atoms. The third kappa shape index (κ3) is 6.42. The van der Waals surface area contributed by atoms with Crippen molar-refractivity contribution in [1.29, 1.82) is 5.26 Å². The summed E-state index contributed by atoms with van der Waals surface area (Å²) in [5, 5.41) is 27.3. The molecule has 2 unspecified atom stereocenters. The Bertz CT molecular complexity index is 1350. The van der Waals surface area contributed by atoms with Crippen molar-refractivity contribution >= 4 is 34.3 Å². The minimum atomic E-state index is -2.80. The first-order chi connectivity index (χ1) is 17.4. The molecule has 0 aromatic carbocycles. The number of nitrogens with one attached hydrogen (secondary N) is 3. The average Bonchev–Trinajstić information content (AvgIpc) is 3.19. The summed E-state index contributed by atoms with van der Waals surface area (Å²) in [6, 6.07) is 7.88. The minimum absolute atomic E-state index is 0.0399.